The van der Waals surface area contributed by atoms with Crippen LogP contribution < -0.4 is 9.47 Å². The average molecular weight is 356 g/mol. The summed E-state index contributed by atoms with van der Waals surface area (Å²) in [5.74, 6) is 3.21. The largest absolute Gasteiger partial charge is 0.494 e. The first-order valence-electron chi connectivity index (χ1n) is 7.19. The predicted molar refractivity (Wildman–Crippen MR) is 91.4 cm³/mol. The second-order valence-electron chi connectivity index (χ2n) is 4.57. The number of rotatable bonds is 10. The lowest BCUT2D eigenvalue weighted by Crippen LogP contribution is -2.20. The molecule has 0 radical (unpaired) electrons. The molecule has 126 valence electrons. The highest BCUT2D eigenvalue weighted by atomic mass is 32.2. The van der Waals surface area contributed by atoms with E-state index in [2.05, 4.69) is 10.2 Å². The number of aliphatic hydroxyl groups excluding tert-OH is 1. The molecule has 1 N–H and O–H groups in total. The van der Waals surface area contributed by atoms with Gasteiger partial charge in [0.2, 0.25) is 5.89 Å². The summed E-state index contributed by atoms with van der Waals surface area (Å²) in [5.41, 5.74) is 0. The molecule has 0 spiro atoms. The number of hydrogen-bond acceptors (Lipinski definition) is 8. The molecule has 0 amide bonds. The van der Waals surface area contributed by atoms with Gasteiger partial charge in [-0.1, -0.05) is 11.8 Å². The fraction of sp³-hybridized carbons (Fsp3) is 0.467. The minimum absolute atomic E-state index is 0.201. The summed E-state index contributed by atoms with van der Waals surface area (Å²) in [6, 6.07) is 7.31. The molecule has 0 aliphatic heterocycles. The zero-order chi connectivity index (χ0) is 16.5. The van der Waals surface area contributed by atoms with E-state index in [9.17, 15) is 5.11 Å². The van der Waals surface area contributed by atoms with Crippen LogP contribution in [-0.2, 0) is 5.75 Å². The van der Waals surface area contributed by atoms with Crippen LogP contribution in [0.15, 0.2) is 33.9 Å². The van der Waals surface area contributed by atoms with E-state index in [1.165, 1.54) is 11.8 Å². The van der Waals surface area contributed by atoms with Gasteiger partial charge in [-0.25, -0.2) is 0 Å². The van der Waals surface area contributed by atoms with Gasteiger partial charge >= 0.3 is 0 Å². The number of aliphatic hydroxyl groups is 1. The van der Waals surface area contributed by atoms with E-state index in [0.717, 1.165) is 5.75 Å². The van der Waals surface area contributed by atoms with Crippen LogP contribution in [0.5, 0.6) is 11.5 Å². The van der Waals surface area contributed by atoms with E-state index in [0.29, 0.717) is 35.0 Å². The highest BCUT2D eigenvalue weighted by molar-refractivity contribution is 7.99. The molecule has 0 bridgehead atoms. The molecule has 1 unspecified atom stereocenters. The van der Waals surface area contributed by atoms with E-state index in [4.69, 9.17) is 13.9 Å². The van der Waals surface area contributed by atoms with Crippen molar-refractivity contribution < 1.29 is 19.0 Å². The van der Waals surface area contributed by atoms with Gasteiger partial charge in [0.05, 0.1) is 18.5 Å². The van der Waals surface area contributed by atoms with E-state index in [1.54, 1.807) is 11.8 Å². The third-order valence-corrected chi connectivity index (χ3v) is 4.19. The van der Waals surface area contributed by atoms with Gasteiger partial charge in [-0.15, -0.1) is 10.2 Å². The Kier molecular flexibility index (Phi) is 7.57. The Balaban J connectivity index is 1.70. The molecule has 1 aromatic heterocycles. The standard InChI is InChI=1S/C15H20N2O4S2/c1-3-19-12-4-6-13(7-5-12)20-8-11(18)9-23-15-17-16-14(21-15)10-22-2/h4-7,11,18H,3,8-10H2,1-2H3. The number of ether oxygens (including phenoxy) is 2. The van der Waals surface area contributed by atoms with Crippen LogP contribution in [0.4, 0.5) is 0 Å². The molecule has 23 heavy (non-hydrogen) atoms. The molecular weight excluding hydrogens is 336 g/mol. The maximum absolute atomic E-state index is 9.96. The molecule has 2 rings (SSSR count). The molecule has 0 saturated carbocycles. The molecule has 2 aromatic rings. The van der Waals surface area contributed by atoms with E-state index < -0.39 is 6.10 Å². The molecule has 6 nitrogen and oxygen atoms in total. The van der Waals surface area contributed by atoms with Crippen molar-refractivity contribution in [2.45, 2.75) is 24.0 Å². The summed E-state index contributed by atoms with van der Waals surface area (Å²) >= 11 is 2.94. The average Bonchev–Trinajstić information content (AvgIpc) is 3.00. The maximum atomic E-state index is 9.96. The minimum atomic E-state index is -0.623. The summed E-state index contributed by atoms with van der Waals surface area (Å²) in [6.45, 7) is 2.77. The fourth-order valence-corrected chi connectivity index (χ4v) is 2.73. The molecule has 0 aliphatic carbocycles. The SMILES string of the molecule is CCOc1ccc(OCC(O)CSc2nnc(CSC)o2)cc1. The van der Waals surface area contributed by atoms with Crippen molar-refractivity contribution in [2.75, 3.05) is 25.2 Å². The van der Waals surface area contributed by atoms with Gasteiger partial charge in [-0.3, -0.25) is 0 Å². The first kappa shape index (κ1) is 18.0. The van der Waals surface area contributed by atoms with Crippen LogP contribution in [-0.4, -0.2) is 46.6 Å². The van der Waals surface area contributed by atoms with E-state index >= 15 is 0 Å². The summed E-state index contributed by atoms with van der Waals surface area (Å²) in [4.78, 5) is 0. The van der Waals surface area contributed by atoms with Crippen molar-refractivity contribution in [2.24, 2.45) is 0 Å². The molecule has 0 fully saturated rings. The van der Waals surface area contributed by atoms with Gasteiger partial charge in [0, 0.05) is 5.75 Å². The number of hydrogen-bond donors (Lipinski definition) is 1. The molecule has 1 aromatic carbocycles. The Bertz CT molecular complexity index is 577. The lowest BCUT2D eigenvalue weighted by molar-refractivity contribution is 0.126. The van der Waals surface area contributed by atoms with Gasteiger partial charge in [0.15, 0.2) is 0 Å². The van der Waals surface area contributed by atoms with Crippen LogP contribution in [0, 0.1) is 0 Å². The summed E-state index contributed by atoms with van der Waals surface area (Å²) in [6.07, 6.45) is 1.35. The molecule has 0 saturated heterocycles. The normalized spacial score (nSPS) is 12.1. The quantitative estimate of drug-likeness (QED) is 0.651. The van der Waals surface area contributed by atoms with E-state index in [-0.39, 0.29) is 6.61 Å². The summed E-state index contributed by atoms with van der Waals surface area (Å²) < 4.78 is 16.3. The molecule has 1 heterocycles. The highest BCUT2D eigenvalue weighted by Gasteiger charge is 2.11. The van der Waals surface area contributed by atoms with Crippen LogP contribution in [0.25, 0.3) is 0 Å². The van der Waals surface area contributed by atoms with Gasteiger partial charge in [0.25, 0.3) is 5.22 Å². The Morgan fingerprint density at radius 2 is 1.87 bits per heavy atom. The second kappa shape index (κ2) is 9.69. The monoisotopic (exact) mass is 356 g/mol. The third-order valence-electron chi connectivity index (χ3n) is 2.69. The van der Waals surface area contributed by atoms with E-state index in [1.807, 2.05) is 37.4 Å². The highest BCUT2D eigenvalue weighted by Crippen LogP contribution is 2.20. The third kappa shape index (κ3) is 6.32. The second-order valence-corrected chi connectivity index (χ2v) is 6.41. The lowest BCUT2D eigenvalue weighted by atomic mass is 10.3. The predicted octanol–water partition coefficient (Wildman–Crippen LogP) is 2.86. The van der Waals surface area contributed by atoms with Gasteiger partial charge < -0.3 is 19.0 Å². The molecule has 8 heteroatoms. The number of benzene rings is 1. The van der Waals surface area contributed by atoms with Crippen molar-refractivity contribution in [3.8, 4) is 11.5 Å². The van der Waals surface area contributed by atoms with Crippen molar-refractivity contribution in [1.29, 1.82) is 0 Å². The summed E-state index contributed by atoms with van der Waals surface area (Å²) in [7, 11) is 0. The van der Waals surface area contributed by atoms with Crippen LogP contribution in [0.2, 0.25) is 0 Å². The van der Waals surface area contributed by atoms with Crippen molar-refractivity contribution in [3.63, 3.8) is 0 Å². The molecular formula is C15H20N2O4S2. The fourth-order valence-electron chi connectivity index (χ4n) is 1.69. The topological polar surface area (TPSA) is 77.6 Å². The Labute approximate surface area is 144 Å². The Morgan fingerprint density at radius 3 is 2.52 bits per heavy atom. The Morgan fingerprint density at radius 1 is 1.17 bits per heavy atom. The molecule has 1 atom stereocenters. The van der Waals surface area contributed by atoms with Gasteiger partial charge in [-0.2, -0.15) is 11.8 Å². The van der Waals surface area contributed by atoms with Crippen molar-refractivity contribution >= 4 is 23.5 Å². The number of nitrogens with zero attached hydrogens (tertiary/aromatic N) is 2. The summed E-state index contributed by atoms with van der Waals surface area (Å²) in [5, 5.41) is 18.3. The molecule has 0 aliphatic rings. The van der Waals surface area contributed by atoms with Crippen LogP contribution in [0.3, 0.4) is 0 Å². The number of aromatic nitrogens is 2. The Hall–Kier alpha value is -1.38. The first-order chi connectivity index (χ1) is 11.2. The van der Waals surface area contributed by atoms with Crippen molar-refractivity contribution in [3.05, 3.63) is 30.2 Å². The van der Waals surface area contributed by atoms with Crippen LogP contribution in [0.1, 0.15) is 12.8 Å². The zero-order valence-corrected chi connectivity index (χ0v) is 14.7. The lowest BCUT2D eigenvalue weighted by Gasteiger charge is -2.11. The smallest absolute Gasteiger partial charge is 0.276 e. The number of thioether (sulfide) groups is 2. The zero-order valence-electron chi connectivity index (χ0n) is 13.1. The van der Waals surface area contributed by atoms with Crippen molar-refractivity contribution in [1.82, 2.24) is 10.2 Å². The maximum Gasteiger partial charge on any atom is 0.276 e. The van der Waals surface area contributed by atoms with Gasteiger partial charge in [0.1, 0.15) is 18.1 Å². The minimum Gasteiger partial charge on any atom is -0.494 e. The first-order valence-corrected chi connectivity index (χ1v) is 9.57. The van der Waals surface area contributed by atoms with Gasteiger partial charge in [-0.05, 0) is 37.4 Å². The van der Waals surface area contributed by atoms with Crippen LogP contribution >= 0.6 is 23.5 Å².